The van der Waals surface area contributed by atoms with E-state index in [2.05, 4.69) is 31.9 Å². The van der Waals surface area contributed by atoms with Gasteiger partial charge in [0.1, 0.15) is 12.4 Å². The number of carbonyl (C=O) groups excluding carboxylic acids is 2. The predicted molar refractivity (Wildman–Crippen MR) is 121 cm³/mol. The molecule has 0 bridgehead atoms. The number of benzene rings is 2. The van der Waals surface area contributed by atoms with Crippen LogP contribution in [0.1, 0.15) is 18.1 Å². The highest BCUT2D eigenvalue weighted by Gasteiger charge is 2.33. The molecule has 9 heteroatoms. The van der Waals surface area contributed by atoms with Gasteiger partial charge in [-0.15, -0.1) is 0 Å². The number of nitrogens with zero attached hydrogens (tertiary/aromatic N) is 1. The van der Waals surface area contributed by atoms with E-state index >= 15 is 0 Å². The molecule has 1 aliphatic rings. The second-order valence-electron chi connectivity index (χ2n) is 5.76. The first-order valence-corrected chi connectivity index (χ1v) is 11.3. The van der Waals surface area contributed by atoms with Crippen molar-refractivity contribution in [3.8, 4) is 5.75 Å². The molecule has 0 saturated carbocycles. The van der Waals surface area contributed by atoms with Crippen LogP contribution >= 0.6 is 66.8 Å². The van der Waals surface area contributed by atoms with Gasteiger partial charge in [0.15, 0.2) is 0 Å². The highest BCUT2D eigenvalue weighted by molar-refractivity contribution is 9.11. The summed E-state index contributed by atoms with van der Waals surface area (Å²) >= 11 is 20.0. The zero-order chi connectivity index (χ0) is 20.4. The molecule has 4 nitrogen and oxygen atoms in total. The number of imide groups is 1. The van der Waals surface area contributed by atoms with E-state index in [1.54, 1.807) is 25.1 Å². The standard InChI is InChI=1S/C19H13Br2Cl2NO3S/c1-2-24-18(25)16(28-19(24)26)7-10-5-13(20)17(14(21)6-10)27-9-11-3-4-12(22)8-15(11)23/h3-8H,2,9H2,1H3/b16-7+. The first-order chi connectivity index (χ1) is 13.3. The summed E-state index contributed by atoms with van der Waals surface area (Å²) in [7, 11) is 0. The number of hydrogen-bond acceptors (Lipinski definition) is 4. The smallest absolute Gasteiger partial charge is 0.293 e. The minimum atomic E-state index is -0.276. The Morgan fingerprint density at radius 1 is 1.14 bits per heavy atom. The van der Waals surface area contributed by atoms with Crippen molar-refractivity contribution < 1.29 is 14.3 Å². The number of likely N-dealkylation sites (N-methyl/N-ethyl adjacent to an activating group) is 1. The zero-order valence-corrected chi connectivity index (χ0v) is 20.0. The number of carbonyl (C=O) groups is 2. The lowest BCUT2D eigenvalue weighted by molar-refractivity contribution is -0.122. The Kier molecular flexibility index (Phi) is 7.15. The molecule has 0 N–H and O–H groups in total. The summed E-state index contributed by atoms with van der Waals surface area (Å²) in [6, 6.07) is 8.87. The maximum absolute atomic E-state index is 12.2. The Hall–Kier alpha value is -0.990. The van der Waals surface area contributed by atoms with Crippen molar-refractivity contribution in [2.75, 3.05) is 6.54 Å². The number of halogens is 4. The molecule has 2 aromatic rings. The summed E-state index contributed by atoms with van der Waals surface area (Å²) in [5, 5.41) is 0.840. The number of rotatable bonds is 5. The molecule has 28 heavy (non-hydrogen) atoms. The first kappa shape index (κ1) is 21.7. The average Bonchev–Trinajstić information content (AvgIpc) is 2.88. The molecular weight excluding hydrogens is 553 g/mol. The van der Waals surface area contributed by atoms with Gasteiger partial charge in [0.2, 0.25) is 0 Å². The van der Waals surface area contributed by atoms with Crippen LogP contribution in [0.25, 0.3) is 6.08 Å². The highest BCUT2D eigenvalue weighted by atomic mass is 79.9. The number of thioether (sulfide) groups is 1. The van der Waals surface area contributed by atoms with Gasteiger partial charge in [-0.25, -0.2) is 0 Å². The molecule has 0 aromatic heterocycles. The maximum atomic E-state index is 12.2. The second-order valence-corrected chi connectivity index (χ2v) is 9.31. The SMILES string of the molecule is CCN1C(=O)S/C(=C/c2cc(Br)c(OCc3ccc(Cl)cc3Cl)c(Br)c2)C1=O. The minimum absolute atomic E-state index is 0.253. The Morgan fingerprint density at radius 3 is 2.39 bits per heavy atom. The van der Waals surface area contributed by atoms with Crippen LogP contribution in [-0.4, -0.2) is 22.6 Å². The van der Waals surface area contributed by atoms with Crippen LogP contribution in [0.3, 0.4) is 0 Å². The molecule has 1 aliphatic heterocycles. The third kappa shape index (κ3) is 4.76. The van der Waals surface area contributed by atoms with E-state index in [0.717, 1.165) is 22.9 Å². The van der Waals surface area contributed by atoms with E-state index in [-0.39, 0.29) is 17.8 Å². The van der Waals surface area contributed by atoms with E-state index in [0.29, 0.717) is 36.2 Å². The lowest BCUT2D eigenvalue weighted by Gasteiger charge is -2.12. The lowest BCUT2D eigenvalue weighted by atomic mass is 10.2. The van der Waals surface area contributed by atoms with Gasteiger partial charge in [-0.3, -0.25) is 14.5 Å². The van der Waals surface area contributed by atoms with Gasteiger partial charge in [-0.2, -0.15) is 0 Å². The van der Waals surface area contributed by atoms with Crippen LogP contribution < -0.4 is 4.74 Å². The lowest BCUT2D eigenvalue weighted by Crippen LogP contribution is -2.27. The monoisotopic (exact) mass is 563 g/mol. The van der Waals surface area contributed by atoms with Crippen LogP contribution in [-0.2, 0) is 11.4 Å². The summed E-state index contributed by atoms with van der Waals surface area (Å²) in [6.07, 6.45) is 1.69. The fourth-order valence-electron chi connectivity index (χ4n) is 2.51. The van der Waals surface area contributed by atoms with Gasteiger partial charge in [-0.05, 0) is 86.5 Å². The van der Waals surface area contributed by atoms with Crippen molar-refractivity contribution in [2.45, 2.75) is 13.5 Å². The molecule has 0 spiro atoms. The summed E-state index contributed by atoms with van der Waals surface area (Å²) in [5.41, 5.74) is 1.57. The van der Waals surface area contributed by atoms with Gasteiger partial charge in [0.25, 0.3) is 11.1 Å². The van der Waals surface area contributed by atoms with Crippen LogP contribution in [0.5, 0.6) is 5.75 Å². The summed E-state index contributed by atoms with van der Waals surface area (Å²) in [4.78, 5) is 25.7. The summed E-state index contributed by atoms with van der Waals surface area (Å²) < 4.78 is 7.30. The van der Waals surface area contributed by atoms with Crippen molar-refractivity contribution in [3.63, 3.8) is 0 Å². The molecule has 1 saturated heterocycles. The van der Waals surface area contributed by atoms with E-state index in [1.165, 1.54) is 4.90 Å². The number of ether oxygens (including phenoxy) is 1. The normalized spacial score (nSPS) is 15.6. The average molecular weight is 566 g/mol. The summed E-state index contributed by atoms with van der Waals surface area (Å²) in [6.45, 7) is 2.39. The molecule has 1 heterocycles. The quantitative estimate of drug-likeness (QED) is 0.361. The maximum Gasteiger partial charge on any atom is 0.293 e. The Balaban J connectivity index is 1.80. The third-order valence-electron chi connectivity index (χ3n) is 3.90. The van der Waals surface area contributed by atoms with Crippen molar-refractivity contribution >= 4 is 84.0 Å². The molecule has 1 fully saturated rings. The van der Waals surface area contributed by atoms with Crippen molar-refractivity contribution in [2.24, 2.45) is 0 Å². The number of hydrogen-bond donors (Lipinski definition) is 0. The molecular formula is C19H13Br2Cl2NO3S. The largest absolute Gasteiger partial charge is 0.486 e. The minimum Gasteiger partial charge on any atom is -0.486 e. The molecule has 146 valence electrons. The fraction of sp³-hybridized carbons (Fsp3) is 0.158. The Bertz CT molecular complexity index is 974. The second kappa shape index (κ2) is 9.22. The van der Waals surface area contributed by atoms with Gasteiger partial charge >= 0.3 is 0 Å². The Labute approximate surface area is 193 Å². The van der Waals surface area contributed by atoms with Crippen molar-refractivity contribution in [1.29, 1.82) is 0 Å². The molecule has 0 aliphatic carbocycles. The topological polar surface area (TPSA) is 46.6 Å². The van der Waals surface area contributed by atoms with E-state index in [1.807, 2.05) is 18.2 Å². The Morgan fingerprint density at radius 2 is 1.82 bits per heavy atom. The van der Waals surface area contributed by atoms with Crippen LogP contribution in [0.4, 0.5) is 4.79 Å². The third-order valence-corrected chi connectivity index (χ3v) is 6.57. The fourth-order valence-corrected chi connectivity index (χ4v) is 5.33. The van der Waals surface area contributed by atoms with Crippen LogP contribution in [0.15, 0.2) is 44.2 Å². The molecule has 0 radical (unpaired) electrons. The van der Waals surface area contributed by atoms with E-state index in [4.69, 9.17) is 27.9 Å². The molecule has 3 rings (SSSR count). The van der Waals surface area contributed by atoms with Gasteiger partial charge < -0.3 is 4.74 Å². The van der Waals surface area contributed by atoms with Crippen LogP contribution in [0, 0.1) is 0 Å². The molecule has 2 amide bonds. The molecule has 0 unspecified atom stereocenters. The highest BCUT2D eigenvalue weighted by Crippen LogP contribution is 2.38. The zero-order valence-electron chi connectivity index (χ0n) is 14.5. The van der Waals surface area contributed by atoms with Gasteiger partial charge in [0.05, 0.1) is 13.9 Å². The first-order valence-electron chi connectivity index (χ1n) is 8.11. The number of amides is 2. The van der Waals surface area contributed by atoms with Gasteiger partial charge in [-0.1, -0.05) is 29.3 Å². The van der Waals surface area contributed by atoms with Crippen LogP contribution in [0.2, 0.25) is 10.0 Å². The summed E-state index contributed by atoms with van der Waals surface area (Å²) in [5.74, 6) is 0.326. The molecule has 0 atom stereocenters. The van der Waals surface area contributed by atoms with Crippen molar-refractivity contribution in [3.05, 3.63) is 65.4 Å². The molecule has 2 aromatic carbocycles. The van der Waals surface area contributed by atoms with Crippen molar-refractivity contribution in [1.82, 2.24) is 4.90 Å². The van der Waals surface area contributed by atoms with E-state index in [9.17, 15) is 9.59 Å². The van der Waals surface area contributed by atoms with E-state index < -0.39 is 0 Å². The van der Waals surface area contributed by atoms with Gasteiger partial charge in [0, 0.05) is 22.2 Å². The predicted octanol–water partition coefficient (Wildman–Crippen LogP) is 7.15.